The summed E-state index contributed by atoms with van der Waals surface area (Å²) >= 11 is 5.89. The molecule has 184 valence electrons. The third kappa shape index (κ3) is 4.96. The van der Waals surface area contributed by atoms with Crippen molar-refractivity contribution in [3.05, 3.63) is 77.0 Å². The number of thiocarbonyl (C=S) groups is 1. The molecule has 0 saturated carbocycles. The highest BCUT2D eigenvalue weighted by Crippen LogP contribution is 2.41. The van der Waals surface area contributed by atoms with Crippen molar-refractivity contribution in [2.24, 2.45) is 0 Å². The van der Waals surface area contributed by atoms with Gasteiger partial charge in [-0.25, -0.2) is 4.98 Å². The zero-order valence-electron chi connectivity index (χ0n) is 20.8. The van der Waals surface area contributed by atoms with Gasteiger partial charge in [-0.15, -0.1) is 0 Å². The van der Waals surface area contributed by atoms with E-state index in [9.17, 15) is 0 Å². The minimum Gasteiger partial charge on any atom is -0.379 e. The Morgan fingerprint density at radius 2 is 1.86 bits per heavy atom. The number of morpholine rings is 1. The van der Waals surface area contributed by atoms with Gasteiger partial charge in [0.1, 0.15) is 5.82 Å². The van der Waals surface area contributed by atoms with Crippen LogP contribution in [0, 0.1) is 20.8 Å². The van der Waals surface area contributed by atoms with Gasteiger partial charge >= 0.3 is 0 Å². The Morgan fingerprint density at radius 3 is 2.60 bits per heavy atom. The van der Waals surface area contributed by atoms with Crippen LogP contribution in [0.2, 0.25) is 0 Å². The number of rotatable bonds is 7. The molecule has 0 unspecified atom stereocenters. The molecule has 2 aliphatic heterocycles. The van der Waals surface area contributed by atoms with Gasteiger partial charge in [0.2, 0.25) is 0 Å². The quantitative estimate of drug-likeness (QED) is 0.504. The summed E-state index contributed by atoms with van der Waals surface area (Å²) in [5, 5.41) is 4.40. The monoisotopic (exact) mass is 490 g/mol. The SMILES string of the molecule is Cc1ccnc(-n2c(C)cc([C@@H]3[C@H](c4ccccn4)NC(=S)N3CCCN3CCOCC3)c2C)c1. The maximum absolute atomic E-state index is 5.89. The Morgan fingerprint density at radius 1 is 1.03 bits per heavy atom. The van der Waals surface area contributed by atoms with E-state index in [1.807, 2.05) is 30.6 Å². The summed E-state index contributed by atoms with van der Waals surface area (Å²) in [6, 6.07) is 12.6. The van der Waals surface area contributed by atoms with E-state index in [0.717, 1.165) is 62.4 Å². The van der Waals surface area contributed by atoms with Gasteiger partial charge in [-0.1, -0.05) is 6.07 Å². The first-order chi connectivity index (χ1) is 17.0. The molecule has 0 amide bonds. The molecule has 0 radical (unpaired) electrons. The number of aromatic nitrogens is 3. The molecule has 3 aromatic heterocycles. The lowest BCUT2D eigenvalue weighted by atomic mass is 9.96. The average Bonchev–Trinajstić information content (AvgIpc) is 3.35. The minimum atomic E-state index is -0.00787. The van der Waals surface area contributed by atoms with Crippen LogP contribution in [0.5, 0.6) is 0 Å². The second-order valence-electron chi connectivity index (χ2n) is 9.48. The van der Waals surface area contributed by atoms with Crippen LogP contribution in [0.4, 0.5) is 0 Å². The topological polar surface area (TPSA) is 58.5 Å². The highest BCUT2D eigenvalue weighted by molar-refractivity contribution is 7.80. The van der Waals surface area contributed by atoms with Crippen molar-refractivity contribution in [1.29, 1.82) is 0 Å². The molecule has 0 aliphatic carbocycles. The number of pyridine rings is 2. The molecular weight excluding hydrogens is 456 g/mol. The van der Waals surface area contributed by atoms with Crippen molar-refractivity contribution >= 4 is 17.3 Å². The maximum atomic E-state index is 5.89. The molecule has 7 nitrogen and oxygen atoms in total. The van der Waals surface area contributed by atoms with Gasteiger partial charge in [0, 0.05) is 50.0 Å². The van der Waals surface area contributed by atoms with Gasteiger partial charge in [-0.2, -0.15) is 0 Å². The van der Waals surface area contributed by atoms with Crippen molar-refractivity contribution in [1.82, 2.24) is 29.7 Å². The number of ether oxygens (including phenoxy) is 1. The molecule has 3 aromatic rings. The molecule has 5 heterocycles. The molecule has 2 saturated heterocycles. The van der Waals surface area contributed by atoms with Gasteiger partial charge in [0.15, 0.2) is 5.11 Å². The molecule has 0 bridgehead atoms. The molecule has 8 heteroatoms. The van der Waals surface area contributed by atoms with E-state index in [1.54, 1.807) is 0 Å². The molecular formula is C27H34N6OS. The normalized spacial score (nSPS) is 20.9. The van der Waals surface area contributed by atoms with Gasteiger partial charge in [-0.05, 0) is 80.9 Å². The number of hydrogen-bond donors (Lipinski definition) is 1. The Kier molecular flexibility index (Phi) is 7.13. The molecule has 0 aromatic carbocycles. The molecule has 2 atom stereocenters. The van der Waals surface area contributed by atoms with Gasteiger partial charge in [-0.3, -0.25) is 9.88 Å². The van der Waals surface area contributed by atoms with Crippen LogP contribution in [0.15, 0.2) is 48.8 Å². The van der Waals surface area contributed by atoms with Gasteiger partial charge in [0.05, 0.1) is 31.0 Å². The fourth-order valence-electron chi connectivity index (χ4n) is 5.36. The Labute approximate surface area is 213 Å². The van der Waals surface area contributed by atoms with Crippen LogP contribution in [0.1, 0.15) is 46.7 Å². The first-order valence-corrected chi connectivity index (χ1v) is 12.8. The van der Waals surface area contributed by atoms with Crippen molar-refractivity contribution in [3.63, 3.8) is 0 Å². The van der Waals surface area contributed by atoms with Crippen LogP contribution in [-0.2, 0) is 4.74 Å². The highest BCUT2D eigenvalue weighted by Gasteiger charge is 2.41. The Bertz CT molecular complexity index is 1170. The zero-order chi connectivity index (χ0) is 24.4. The van der Waals surface area contributed by atoms with E-state index < -0.39 is 0 Å². The third-order valence-electron chi connectivity index (χ3n) is 7.09. The molecule has 2 fully saturated rings. The van der Waals surface area contributed by atoms with Crippen LogP contribution < -0.4 is 5.32 Å². The lowest BCUT2D eigenvalue weighted by molar-refractivity contribution is 0.0365. The van der Waals surface area contributed by atoms with E-state index in [0.29, 0.717) is 0 Å². The summed E-state index contributed by atoms with van der Waals surface area (Å²) in [6.07, 6.45) is 4.79. The lowest BCUT2D eigenvalue weighted by Crippen LogP contribution is -2.39. The fraction of sp³-hybridized carbons (Fsp3) is 0.444. The number of hydrogen-bond acceptors (Lipinski definition) is 5. The van der Waals surface area contributed by atoms with Crippen LogP contribution in [-0.4, -0.2) is 68.8 Å². The van der Waals surface area contributed by atoms with Crippen LogP contribution >= 0.6 is 12.2 Å². The number of aryl methyl sites for hydroxylation is 2. The summed E-state index contributed by atoms with van der Waals surface area (Å²) in [5.74, 6) is 0.952. The van der Waals surface area contributed by atoms with Gasteiger partial charge < -0.3 is 19.5 Å². The number of nitrogens with one attached hydrogen (secondary N) is 1. The molecule has 0 spiro atoms. The van der Waals surface area contributed by atoms with E-state index in [4.69, 9.17) is 21.9 Å². The predicted molar refractivity (Wildman–Crippen MR) is 142 cm³/mol. The fourth-order valence-corrected chi connectivity index (χ4v) is 5.69. The first kappa shape index (κ1) is 23.9. The third-order valence-corrected chi connectivity index (χ3v) is 7.45. The second-order valence-corrected chi connectivity index (χ2v) is 9.87. The summed E-state index contributed by atoms with van der Waals surface area (Å²) in [5.41, 5.74) is 5.83. The van der Waals surface area contributed by atoms with Crippen molar-refractivity contribution in [3.8, 4) is 5.82 Å². The number of nitrogens with zero attached hydrogens (tertiary/aromatic N) is 5. The van der Waals surface area contributed by atoms with E-state index in [2.05, 4.69) is 63.6 Å². The highest BCUT2D eigenvalue weighted by atomic mass is 32.1. The second kappa shape index (κ2) is 10.4. The first-order valence-electron chi connectivity index (χ1n) is 12.4. The summed E-state index contributed by atoms with van der Waals surface area (Å²) in [4.78, 5) is 14.2. The van der Waals surface area contributed by atoms with Crippen molar-refractivity contribution in [2.45, 2.75) is 39.3 Å². The van der Waals surface area contributed by atoms with E-state index in [1.165, 1.54) is 22.5 Å². The summed E-state index contributed by atoms with van der Waals surface area (Å²) in [6.45, 7) is 12.1. The zero-order valence-corrected chi connectivity index (χ0v) is 21.6. The largest absolute Gasteiger partial charge is 0.379 e. The summed E-state index contributed by atoms with van der Waals surface area (Å²) < 4.78 is 7.76. The van der Waals surface area contributed by atoms with Crippen LogP contribution in [0.25, 0.3) is 5.82 Å². The molecule has 35 heavy (non-hydrogen) atoms. The minimum absolute atomic E-state index is 0.00787. The smallest absolute Gasteiger partial charge is 0.170 e. The molecule has 1 N–H and O–H groups in total. The Balaban J connectivity index is 1.47. The molecule has 5 rings (SSSR count). The average molecular weight is 491 g/mol. The van der Waals surface area contributed by atoms with Crippen molar-refractivity contribution < 1.29 is 4.74 Å². The van der Waals surface area contributed by atoms with Crippen LogP contribution in [0.3, 0.4) is 0 Å². The molecule has 2 aliphatic rings. The standard InChI is InChI=1S/C27H34N6OS/c1-19-8-10-29-24(17-19)33-20(2)18-22(21(33)3)26-25(23-7-4-5-9-28-23)30-27(35)32(26)12-6-11-31-13-15-34-16-14-31/h4-5,7-10,17-18,25-26H,6,11-16H2,1-3H3,(H,30,35)/t25-,26+/m0/s1. The lowest BCUT2D eigenvalue weighted by Gasteiger charge is -2.30. The van der Waals surface area contributed by atoms with Crippen molar-refractivity contribution in [2.75, 3.05) is 39.4 Å². The van der Waals surface area contributed by atoms with E-state index >= 15 is 0 Å². The maximum Gasteiger partial charge on any atom is 0.170 e. The Hall–Kier alpha value is -2.81. The van der Waals surface area contributed by atoms with Gasteiger partial charge in [0.25, 0.3) is 0 Å². The summed E-state index contributed by atoms with van der Waals surface area (Å²) in [7, 11) is 0. The predicted octanol–water partition coefficient (Wildman–Crippen LogP) is 3.89. The van der Waals surface area contributed by atoms with E-state index in [-0.39, 0.29) is 12.1 Å².